The second kappa shape index (κ2) is 9.92. The first-order valence-corrected chi connectivity index (χ1v) is 11.4. The largest absolute Gasteiger partial charge is 0.346 e. The summed E-state index contributed by atoms with van der Waals surface area (Å²) in [5.41, 5.74) is 4.27. The van der Waals surface area contributed by atoms with Crippen LogP contribution in [0.3, 0.4) is 0 Å². The van der Waals surface area contributed by atoms with Crippen molar-refractivity contribution in [3.05, 3.63) is 76.2 Å². The van der Waals surface area contributed by atoms with Crippen LogP contribution in [0.4, 0.5) is 5.69 Å². The van der Waals surface area contributed by atoms with E-state index in [2.05, 4.69) is 48.7 Å². The van der Waals surface area contributed by atoms with Gasteiger partial charge in [-0.15, -0.1) is 11.3 Å². The molecule has 1 aromatic heterocycles. The van der Waals surface area contributed by atoms with Gasteiger partial charge in [0.05, 0.1) is 6.04 Å². The van der Waals surface area contributed by atoms with E-state index in [9.17, 15) is 9.59 Å². The molecule has 1 heterocycles. The van der Waals surface area contributed by atoms with Crippen LogP contribution in [0.1, 0.15) is 60.1 Å². The van der Waals surface area contributed by atoms with Crippen molar-refractivity contribution in [2.75, 3.05) is 5.32 Å². The molecule has 0 fully saturated rings. The second-order valence-electron chi connectivity index (χ2n) is 8.40. The Hall–Kier alpha value is -2.92. The van der Waals surface area contributed by atoms with E-state index in [-0.39, 0.29) is 17.9 Å². The molecule has 2 amide bonds. The molecule has 0 saturated heterocycles. The summed E-state index contributed by atoms with van der Waals surface area (Å²) in [4.78, 5) is 26.9. The Kier molecular flexibility index (Phi) is 7.29. The second-order valence-corrected chi connectivity index (χ2v) is 9.56. The van der Waals surface area contributed by atoms with E-state index >= 15 is 0 Å². The number of nitrogens with one attached hydrogen (secondary N) is 2. The quantitative estimate of drug-likeness (QED) is 0.454. The standard InChI is InChI=1S/C26H30N2O2S/c1-16(2)13-23-11-12-25(31-23)21-8-6-7-20(14-21)18(4)27-26(30)24-15-22(28-19(5)29)10-9-17(24)3/h6-12,14-16,18H,13H2,1-5H3,(H,27,30)(H,28,29). The summed E-state index contributed by atoms with van der Waals surface area (Å²) in [6.07, 6.45) is 1.09. The van der Waals surface area contributed by atoms with Crippen LogP contribution < -0.4 is 10.6 Å². The lowest BCUT2D eigenvalue weighted by atomic mass is 10.0. The van der Waals surface area contributed by atoms with Gasteiger partial charge in [-0.3, -0.25) is 9.59 Å². The summed E-state index contributed by atoms with van der Waals surface area (Å²) in [6.45, 7) is 9.80. The van der Waals surface area contributed by atoms with Crippen LogP contribution in [0.2, 0.25) is 0 Å². The number of carbonyl (C=O) groups is 2. The van der Waals surface area contributed by atoms with Gasteiger partial charge < -0.3 is 10.6 Å². The fourth-order valence-electron chi connectivity index (χ4n) is 3.51. The molecular weight excluding hydrogens is 404 g/mol. The number of anilines is 1. The van der Waals surface area contributed by atoms with E-state index in [1.807, 2.05) is 43.4 Å². The van der Waals surface area contributed by atoms with Gasteiger partial charge in [-0.05, 0) is 73.2 Å². The molecule has 31 heavy (non-hydrogen) atoms. The van der Waals surface area contributed by atoms with E-state index in [0.717, 1.165) is 17.5 Å². The minimum atomic E-state index is -0.162. The Labute approximate surface area is 188 Å². The normalized spacial score (nSPS) is 11.9. The van der Waals surface area contributed by atoms with Crippen LogP contribution in [0.5, 0.6) is 0 Å². The Bertz CT molecular complexity index is 1080. The minimum absolute atomic E-state index is 0.147. The van der Waals surface area contributed by atoms with Crippen molar-refractivity contribution < 1.29 is 9.59 Å². The van der Waals surface area contributed by atoms with E-state index in [1.54, 1.807) is 12.1 Å². The molecule has 1 atom stereocenters. The predicted octanol–water partition coefficient (Wildman–Crippen LogP) is 6.37. The van der Waals surface area contributed by atoms with Gasteiger partial charge in [-0.25, -0.2) is 0 Å². The van der Waals surface area contributed by atoms with E-state index < -0.39 is 0 Å². The number of carbonyl (C=O) groups excluding carboxylic acids is 2. The number of rotatable bonds is 7. The molecule has 0 spiro atoms. The molecular formula is C26H30N2O2S. The molecule has 3 rings (SSSR count). The van der Waals surface area contributed by atoms with Crippen molar-refractivity contribution in [2.45, 2.75) is 47.1 Å². The summed E-state index contributed by atoms with van der Waals surface area (Å²) >= 11 is 1.83. The van der Waals surface area contributed by atoms with Gasteiger partial charge in [0.25, 0.3) is 5.91 Å². The van der Waals surface area contributed by atoms with Gasteiger partial charge in [0.2, 0.25) is 5.91 Å². The van der Waals surface area contributed by atoms with Crippen LogP contribution in [-0.2, 0) is 11.2 Å². The highest BCUT2D eigenvalue weighted by atomic mass is 32.1. The van der Waals surface area contributed by atoms with Gasteiger partial charge in [-0.1, -0.05) is 38.1 Å². The number of amides is 2. The van der Waals surface area contributed by atoms with Crippen LogP contribution in [0, 0.1) is 12.8 Å². The highest BCUT2D eigenvalue weighted by molar-refractivity contribution is 7.15. The van der Waals surface area contributed by atoms with Gasteiger partial charge in [-0.2, -0.15) is 0 Å². The van der Waals surface area contributed by atoms with E-state index in [1.165, 1.54) is 22.2 Å². The molecule has 0 aliphatic carbocycles. The summed E-state index contributed by atoms with van der Waals surface area (Å²) in [6, 6.07) is 18.0. The lowest BCUT2D eigenvalue weighted by molar-refractivity contribution is -0.114. The predicted molar refractivity (Wildman–Crippen MR) is 130 cm³/mol. The summed E-state index contributed by atoms with van der Waals surface area (Å²) in [5.74, 6) is 0.323. The number of hydrogen-bond donors (Lipinski definition) is 2. The van der Waals surface area contributed by atoms with Crippen molar-refractivity contribution in [1.29, 1.82) is 0 Å². The van der Waals surface area contributed by atoms with Gasteiger partial charge in [0.15, 0.2) is 0 Å². The molecule has 1 unspecified atom stereocenters. The zero-order chi connectivity index (χ0) is 22.5. The van der Waals surface area contributed by atoms with Crippen molar-refractivity contribution in [1.82, 2.24) is 5.32 Å². The zero-order valence-electron chi connectivity index (χ0n) is 18.8. The fraction of sp³-hybridized carbons (Fsp3) is 0.308. The molecule has 162 valence electrons. The Balaban J connectivity index is 1.76. The SMILES string of the molecule is CC(=O)Nc1ccc(C)c(C(=O)NC(C)c2cccc(-c3ccc(CC(C)C)s3)c2)c1. The van der Waals surface area contributed by atoms with Crippen LogP contribution in [-0.4, -0.2) is 11.8 Å². The van der Waals surface area contributed by atoms with E-state index in [4.69, 9.17) is 0 Å². The summed E-state index contributed by atoms with van der Waals surface area (Å²) < 4.78 is 0. The molecule has 2 N–H and O–H groups in total. The minimum Gasteiger partial charge on any atom is -0.346 e. The summed E-state index contributed by atoms with van der Waals surface area (Å²) in [5, 5.41) is 5.83. The van der Waals surface area contributed by atoms with Crippen LogP contribution >= 0.6 is 11.3 Å². The number of thiophene rings is 1. The maximum atomic E-state index is 12.9. The van der Waals surface area contributed by atoms with Crippen LogP contribution in [0.25, 0.3) is 10.4 Å². The van der Waals surface area contributed by atoms with Crippen LogP contribution in [0.15, 0.2) is 54.6 Å². The average molecular weight is 435 g/mol. The van der Waals surface area contributed by atoms with E-state index in [0.29, 0.717) is 17.2 Å². The van der Waals surface area contributed by atoms with Gasteiger partial charge in [0, 0.05) is 27.9 Å². The third kappa shape index (κ3) is 6.05. The monoisotopic (exact) mass is 434 g/mol. The smallest absolute Gasteiger partial charge is 0.252 e. The van der Waals surface area contributed by atoms with Crippen molar-refractivity contribution in [3.8, 4) is 10.4 Å². The van der Waals surface area contributed by atoms with Crippen molar-refractivity contribution in [2.24, 2.45) is 5.92 Å². The maximum absolute atomic E-state index is 12.9. The fourth-order valence-corrected chi connectivity index (χ4v) is 4.73. The highest BCUT2D eigenvalue weighted by Crippen LogP contribution is 2.31. The molecule has 0 aliphatic rings. The number of aryl methyl sites for hydroxylation is 1. The molecule has 2 aromatic carbocycles. The first-order valence-electron chi connectivity index (χ1n) is 10.6. The lowest BCUT2D eigenvalue weighted by Crippen LogP contribution is -2.27. The Morgan fingerprint density at radius 3 is 2.48 bits per heavy atom. The van der Waals surface area contributed by atoms with Crippen molar-refractivity contribution >= 4 is 28.8 Å². The summed E-state index contributed by atoms with van der Waals surface area (Å²) in [7, 11) is 0. The molecule has 0 aliphatic heterocycles. The Morgan fingerprint density at radius 1 is 1.00 bits per heavy atom. The molecule has 5 heteroatoms. The molecule has 3 aromatic rings. The molecule has 0 saturated carbocycles. The lowest BCUT2D eigenvalue weighted by Gasteiger charge is -2.17. The third-order valence-electron chi connectivity index (χ3n) is 5.09. The number of benzene rings is 2. The molecule has 0 radical (unpaired) electrons. The van der Waals surface area contributed by atoms with Gasteiger partial charge >= 0.3 is 0 Å². The maximum Gasteiger partial charge on any atom is 0.252 e. The topological polar surface area (TPSA) is 58.2 Å². The van der Waals surface area contributed by atoms with Crippen molar-refractivity contribution in [3.63, 3.8) is 0 Å². The first kappa shape index (κ1) is 22.8. The first-order chi connectivity index (χ1) is 14.7. The molecule has 4 nitrogen and oxygen atoms in total. The third-order valence-corrected chi connectivity index (χ3v) is 6.25. The number of hydrogen-bond acceptors (Lipinski definition) is 3. The molecule has 0 bridgehead atoms. The highest BCUT2D eigenvalue weighted by Gasteiger charge is 2.15. The Morgan fingerprint density at radius 2 is 1.77 bits per heavy atom. The zero-order valence-corrected chi connectivity index (χ0v) is 19.6. The van der Waals surface area contributed by atoms with Gasteiger partial charge in [0.1, 0.15) is 0 Å². The average Bonchev–Trinajstić information content (AvgIpc) is 3.17.